The van der Waals surface area contributed by atoms with Crippen molar-refractivity contribution in [1.29, 1.82) is 0 Å². The van der Waals surface area contributed by atoms with Gasteiger partial charge in [0.05, 0.1) is 5.92 Å². The monoisotopic (exact) mass is 390 g/mol. The first-order valence-electron chi connectivity index (χ1n) is 9.78. The van der Waals surface area contributed by atoms with Gasteiger partial charge in [-0.05, 0) is 37.0 Å². The van der Waals surface area contributed by atoms with Crippen LogP contribution in [-0.2, 0) is 4.79 Å². The van der Waals surface area contributed by atoms with E-state index in [1.54, 1.807) is 13.2 Å². The average Bonchev–Trinajstić information content (AvgIpc) is 3.18. The second kappa shape index (κ2) is 12.2. The Morgan fingerprint density at radius 2 is 2.07 bits per heavy atom. The van der Waals surface area contributed by atoms with E-state index < -0.39 is 0 Å². The first-order valence-corrected chi connectivity index (χ1v) is 9.78. The number of carbonyl (C=O) groups excluding carboxylic acids is 1. The van der Waals surface area contributed by atoms with Crippen LogP contribution in [0, 0.1) is 11.8 Å². The SMILES string of the molecule is C=N/C=C(\C=NC)C1CCN(c2cc(C(C(=O)CC)C(C)C)on2)CC1.CO. The Balaban J connectivity index is 0.00000190. The summed E-state index contributed by atoms with van der Waals surface area (Å²) in [5, 5.41) is 11.2. The topological polar surface area (TPSA) is 91.3 Å². The summed E-state index contributed by atoms with van der Waals surface area (Å²) in [6, 6.07) is 1.94. The van der Waals surface area contributed by atoms with Gasteiger partial charge < -0.3 is 14.5 Å². The largest absolute Gasteiger partial charge is 0.400 e. The van der Waals surface area contributed by atoms with E-state index in [1.165, 1.54) is 0 Å². The van der Waals surface area contributed by atoms with E-state index in [-0.39, 0.29) is 17.6 Å². The zero-order valence-electron chi connectivity index (χ0n) is 17.8. The fourth-order valence-electron chi connectivity index (χ4n) is 3.59. The van der Waals surface area contributed by atoms with Crippen LogP contribution in [0.1, 0.15) is 51.7 Å². The number of allylic oxidation sites excluding steroid dienone is 1. The predicted molar refractivity (Wildman–Crippen MR) is 115 cm³/mol. The number of rotatable bonds is 8. The number of piperidine rings is 1. The molecule has 2 heterocycles. The molecule has 0 amide bonds. The van der Waals surface area contributed by atoms with Crippen molar-refractivity contribution in [1.82, 2.24) is 5.16 Å². The summed E-state index contributed by atoms with van der Waals surface area (Å²) in [5.74, 6) is 2.11. The third-order valence-electron chi connectivity index (χ3n) is 4.99. The predicted octanol–water partition coefficient (Wildman–Crippen LogP) is 3.50. The van der Waals surface area contributed by atoms with E-state index in [4.69, 9.17) is 9.63 Å². The lowest BCUT2D eigenvalue weighted by atomic mass is 9.88. The highest BCUT2D eigenvalue weighted by Gasteiger charge is 2.29. The highest BCUT2D eigenvalue weighted by atomic mass is 16.5. The first kappa shape index (κ1) is 23.8. The number of carbonyl (C=O) groups is 1. The van der Waals surface area contributed by atoms with Crippen LogP contribution in [0.4, 0.5) is 5.82 Å². The summed E-state index contributed by atoms with van der Waals surface area (Å²) in [6.45, 7) is 11.3. The summed E-state index contributed by atoms with van der Waals surface area (Å²) >= 11 is 0. The quantitative estimate of drug-likeness (QED) is 0.686. The molecule has 1 aromatic heterocycles. The van der Waals surface area contributed by atoms with Crippen molar-refractivity contribution in [2.45, 2.75) is 46.0 Å². The lowest BCUT2D eigenvalue weighted by Crippen LogP contribution is -2.34. The second-order valence-electron chi connectivity index (χ2n) is 7.09. The van der Waals surface area contributed by atoms with Gasteiger partial charge in [-0.1, -0.05) is 25.9 Å². The molecular formula is C21H34N4O3. The summed E-state index contributed by atoms with van der Waals surface area (Å²) < 4.78 is 5.55. The number of hydrogen-bond donors (Lipinski definition) is 1. The molecule has 1 saturated heterocycles. The molecule has 7 heteroatoms. The molecule has 0 aliphatic carbocycles. The summed E-state index contributed by atoms with van der Waals surface area (Å²) in [6.07, 6.45) is 6.17. The molecule has 1 aliphatic heterocycles. The Labute approximate surface area is 168 Å². The van der Waals surface area contributed by atoms with E-state index in [1.807, 2.05) is 33.1 Å². The van der Waals surface area contributed by atoms with E-state index in [0.29, 0.717) is 18.1 Å². The number of aliphatic imine (C=N–C) groups is 2. The molecule has 1 unspecified atom stereocenters. The Kier molecular flexibility index (Phi) is 10.4. The number of ketones is 1. The van der Waals surface area contributed by atoms with Crippen molar-refractivity contribution >= 4 is 24.5 Å². The molecule has 1 fully saturated rings. The van der Waals surface area contributed by atoms with E-state index in [0.717, 1.165) is 44.4 Å². The standard InChI is InChI=1S/C20H30N4O2.CH4O/c1-6-17(25)20(14(2)3)18-11-19(23-26-18)24-9-7-15(8-10-24)16(12-21-4)13-22-5;1-2/h11-15,20H,4,6-10H2,1-3,5H3;2H,1H3/b16-12+,22-13?;. The molecule has 0 aromatic carbocycles. The number of nitrogens with zero attached hydrogens (tertiary/aromatic N) is 4. The fraction of sp³-hybridized carbons (Fsp3) is 0.619. The van der Waals surface area contributed by atoms with Crippen molar-refractivity contribution in [3.05, 3.63) is 23.6 Å². The van der Waals surface area contributed by atoms with Crippen molar-refractivity contribution in [3.8, 4) is 0 Å². The van der Waals surface area contributed by atoms with Gasteiger partial charge in [0.15, 0.2) is 5.82 Å². The number of hydrogen-bond acceptors (Lipinski definition) is 7. The molecule has 1 aliphatic rings. The lowest BCUT2D eigenvalue weighted by molar-refractivity contribution is -0.121. The van der Waals surface area contributed by atoms with Crippen LogP contribution in [0.3, 0.4) is 0 Å². The van der Waals surface area contributed by atoms with E-state index in [2.05, 4.69) is 26.8 Å². The zero-order valence-corrected chi connectivity index (χ0v) is 17.8. The molecule has 7 nitrogen and oxygen atoms in total. The number of Topliss-reactive ketones (excluding diaryl/α,β-unsaturated/α-hetero) is 1. The summed E-state index contributed by atoms with van der Waals surface area (Å²) in [4.78, 5) is 22.5. The van der Waals surface area contributed by atoms with E-state index >= 15 is 0 Å². The number of aromatic nitrogens is 1. The zero-order chi connectivity index (χ0) is 21.1. The Morgan fingerprint density at radius 3 is 2.57 bits per heavy atom. The Hall–Kier alpha value is -2.28. The van der Waals surface area contributed by atoms with Crippen LogP contribution in [0.25, 0.3) is 0 Å². The Morgan fingerprint density at radius 1 is 1.43 bits per heavy atom. The molecule has 0 radical (unpaired) electrons. The lowest BCUT2D eigenvalue weighted by Gasteiger charge is -2.32. The molecule has 1 atom stereocenters. The molecule has 156 valence electrons. The second-order valence-corrected chi connectivity index (χ2v) is 7.09. The van der Waals surface area contributed by atoms with Crippen LogP contribution in [0.2, 0.25) is 0 Å². The normalized spacial score (nSPS) is 16.8. The Bertz CT molecular complexity index is 671. The highest BCUT2D eigenvalue weighted by molar-refractivity contribution is 5.85. The van der Waals surface area contributed by atoms with Crippen LogP contribution < -0.4 is 4.90 Å². The number of aliphatic hydroxyl groups is 1. The van der Waals surface area contributed by atoms with Crippen LogP contribution in [0.5, 0.6) is 0 Å². The van der Waals surface area contributed by atoms with Crippen molar-refractivity contribution in [3.63, 3.8) is 0 Å². The maximum atomic E-state index is 12.2. The molecule has 28 heavy (non-hydrogen) atoms. The molecule has 0 saturated carbocycles. The van der Waals surface area contributed by atoms with E-state index in [9.17, 15) is 4.79 Å². The van der Waals surface area contributed by atoms with Crippen molar-refractivity contribution in [2.75, 3.05) is 32.1 Å². The molecule has 0 bridgehead atoms. The van der Waals surface area contributed by atoms with Crippen molar-refractivity contribution in [2.24, 2.45) is 21.8 Å². The first-order chi connectivity index (χ1) is 13.5. The number of anilines is 1. The van der Waals surface area contributed by atoms with Gasteiger partial charge in [0.2, 0.25) is 0 Å². The minimum absolute atomic E-state index is 0.196. The van der Waals surface area contributed by atoms with Crippen LogP contribution >= 0.6 is 0 Å². The van der Waals surface area contributed by atoms with Crippen LogP contribution in [-0.4, -0.2) is 56.2 Å². The minimum Gasteiger partial charge on any atom is -0.400 e. The molecule has 2 rings (SSSR count). The molecule has 0 spiro atoms. The smallest absolute Gasteiger partial charge is 0.172 e. The summed E-state index contributed by atoms with van der Waals surface area (Å²) in [7, 11) is 2.77. The van der Waals surface area contributed by atoms with Gasteiger partial charge in [-0.25, -0.2) is 0 Å². The maximum absolute atomic E-state index is 12.2. The molecule has 1 N–H and O–H groups in total. The van der Waals surface area contributed by atoms with Gasteiger partial charge >= 0.3 is 0 Å². The third kappa shape index (κ3) is 6.12. The fourth-order valence-corrected chi connectivity index (χ4v) is 3.59. The van der Waals surface area contributed by atoms with Crippen molar-refractivity contribution < 1.29 is 14.4 Å². The molecular weight excluding hydrogens is 356 g/mol. The van der Waals surface area contributed by atoms with Gasteiger partial charge in [0.25, 0.3) is 0 Å². The van der Waals surface area contributed by atoms with Gasteiger partial charge in [0, 0.05) is 52.1 Å². The highest BCUT2D eigenvalue weighted by Crippen LogP contribution is 2.32. The van der Waals surface area contributed by atoms with Gasteiger partial charge in [0.1, 0.15) is 11.5 Å². The van der Waals surface area contributed by atoms with Crippen LogP contribution in [0.15, 0.2) is 32.3 Å². The van der Waals surface area contributed by atoms with Gasteiger partial charge in [-0.3, -0.25) is 14.8 Å². The van der Waals surface area contributed by atoms with Gasteiger partial charge in [-0.2, -0.15) is 0 Å². The van der Waals surface area contributed by atoms with Gasteiger partial charge in [-0.15, -0.1) is 0 Å². The third-order valence-corrected chi connectivity index (χ3v) is 4.99. The average molecular weight is 391 g/mol. The number of aliphatic hydroxyl groups excluding tert-OH is 1. The summed E-state index contributed by atoms with van der Waals surface area (Å²) in [5.41, 5.74) is 1.12. The minimum atomic E-state index is -0.215. The molecule has 1 aromatic rings. The maximum Gasteiger partial charge on any atom is 0.172 e.